The maximum absolute atomic E-state index is 12.2. The van der Waals surface area contributed by atoms with E-state index in [2.05, 4.69) is 22.3 Å². The Hall–Kier alpha value is -1.39. The van der Waals surface area contributed by atoms with Crippen molar-refractivity contribution in [2.75, 3.05) is 19.7 Å². The van der Waals surface area contributed by atoms with Crippen LogP contribution in [0.3, 0.4) is 0 Å². The molecular weight excluding hydrogens is 252 g/mol. The summed E-state index contributed by atoms with van der Waals surface area (Å²) in [7, 11) is 0. The van der Waals surface area contributed by atoms with Crippen LogP contribution in [0.5, 0.6) is 0 Å². The first-order chi connectivity index (χ1) is 9.81. The van der Waals surface area contributed by atoms with Gasteiger partial charge in [0.2, 0.25) is 5.91 Å². The van der Waals surface area contributed by atoms with Crippen molar-refractivity contribution in [1.82, 2.24) is 10.2 Å². The van der Waals surface area contributed by atoms with Gasteiger partial charge in [-0.3, -0.25) is 9.69 Å². The molecule has 110 valence electrons. The van der Waals surface area contributed by atoms with Gasteiger partial charge in [-0.1, -0.05) is 36.8 Å². The number of aliphatic hydroxyl groups is 1. The van der Waals surface area contributed by atoms with Gasteiger partial charge in [0.15, 0.2) is 0 Å². The molecule has 4 heteroatoms. The van der Waals surface area contributed by atoms with E-state index in [1.807, 2.05) is 18.2 Å². The summed E-state index contributed by atoms with van der Waals surface area (Å²) in [6.45, 7) is 2.50. The molecule has 1 fully saturated rings. The average Bonchev–Trinajstić information content (AvgIpc) is 2.49. The number of nitrogens with one attached hydrogen (secondary N) is 1. The molecule has 1 unspecified atom stereocenters. The molecule has 1 saturated heterocycles. The minimum Gasteiger partial charge on any atom is -0.396 e. The summed E-state index contributed by atoms with van der Waals surface area (Å²) in [6, 6.07) is 10.3. The monoisotopic (exact) mass is 276 g/mol. The van der Waals surface area contributed by atoms with Crippen LogP contribution in [0.15, 0.2) is 30.3 Å². The lowest BCUT2D eigenvalue weighted by Crippen LogP contribution is -2.49. The van der Waals surface area contributed by atoms with Gasteiger partial charge in [-0.25, -0.2) is 0 Å². The third-order valence-corrected chi connectivity index (χ3v) is 3.78. The van der Waals surface area contributed by atoms with Crippen LogP contribution in [0.25, 0.3) is 0 Å². The van der Waals surface area contributed by atoms with E-state index in [4.69, 9.17) is 5.11 Å². The normalized spacial score (nSPS) is 19.8. The standard InChI is InChI=1S/C16H24N2O2/c19-12-6-10-17-16(20)15-9-4-5-11-18(15)13-14-7-2-1-3-8-14/h1-3,7-8,15,19H,4-6,9-13H2,(H,17,20). The third kappa shape index (κ3) is 4.32. The van der Waals surface area contributed by atoms with Crippen molar-refractivity contribution in [3.63, 3.8) is 0 Å². The molecule has 1 amide bonds. The van der Waals surface area contributed by atoms with Gasteiger partial charge in [0, 0.05) is 19.7 Å². The Kier molecular flexibility index (Phi) is 6.02. The Balaban J connectivity index is 1.92. The summed E-state index contributed by atoms with van der Waals surface area (Å²) in [5.74, 6) is 0.106. The molecule has 0 aliphatic carbocycles. The van der Waals surface area contributed by atoms with Crippen molar-refractivity contribution in [2.45, 2.75) is 38.3 Å². The van der Waals surface area contributed by atoms with Gasteiger partial charge < -0.3 is 10.4 Å². The summed E-state index contributed by atoms with van der Waals surface area (Å²) in [4.78, 5) is 14.5. The topological polar surface area (TPSA) is 52.6 Å². The largest absolute Gasteiger partial charge is 0.396 e. The highest BCUT2D eigenvalue weighted by molar-refractivity contribution is 5.81. The summed E-state index contributed by atoms with van der Waals surface area (Å²) in [6.07, 6.45) is 3.82. The lowest BCUT2D eigenvalue weighted by Gasteiger charge is -2.34. The number of aliphatic hydroxyl groups excluding tert-OH is 1. The molecule has 1 heterocycles. The molecule has 2 rings (SSSR count). The number of amides is 1. The molecule has 0 radical (unpaired) electrons. The van der Waals surface area contributed by atoms with Crippen LogP contribution in [-0.4, -0.2) is 41.7 Å². The fourth-order valence-electron chi connectivity index (χ4n) is 2.70. The molecule has 0 aromatic heterocycles. The van der Waals surface area contributed by atoms with E-state index < -0.39 is 0 Å². The van der Waals surface area contributed by atoms with Crippen LogP contribution in [0.4, 0.5) is 0 Å². The first-order valence-corrected chi connectivity index (χ1v) is 7.48. The molecule has 1 aromatic rings. The second-order valence-corrected chi connectivity index (χ2v) is 5.34. The molecule has 1 aromatic carbocycles. The Morgan fingerprint density at radius 3 is 2.85 bits per heavy atom. The molecule has 1 atom stereocenters. The SMILES string of the molecule is O=C(NCCCO)C1CCCCN1Cc1ccccc1. The van der Waals surface area contributed by atoms with E-state index in [1.165, 1.54) is 5.56 Å². The van der Waals surface area contributed by atoms with Gasteiger partial charge in [0.1, 0.15) is 0 Å². The highest BCUT2D eigenvalue weighted by Gasteiger charge is 2.28. The van der Waals surface area contributed by atoms with E-state index in [1.54, 1.807) is 0 Å². The molecule has 1 aliphatic rings. The van der Waals surface area contributed by atoms with E-state index in [0.29, 0.717) is 13.0 Å². The molecule has 0 saturated carbocycles. The quantitative estimate of drug-likeness (QED) is 0.775. The highest BCUT2D eigenvalue weighted by Crippen LogP contribution is 2.19. The van der Waals surface area contributed by atoms with Crippen LogP contribution < -0.4 is 5.32 Å². The number of nitrogens with zero attached hydrogens (tertiary/aromatic N) is 1. The second-order valence-electron chi connectivity index (χ2n) is 5.34. The van der Waals surface area contributed by atoms with Crippen molar-refractivity contribution in [3.8, 4) is 0 Å². The Morgan fingerprint density at radius 2 is 2.10 bits per heavy atom. The predicted molar refractivity (Wildman–Crippen MR) is 79.2 cm³/mol. The lowest BCUT2D eigenvalue weighted by molar-refractivity contribution is -0.127. The Labute approximate surface area is 120 Å². The zero-order valence-electron chi connectivity index (χ0n) is 11.9. The molecule has 20 heavy (non-hydrogen) atoms. The van der Waals surface area contributed by atoms with Crippen LogP contribution in [0, 0.1) is 0 Å². The average molecular weight is 276 g/mol. The first kappa shape index (κ1) is 15.0. The predicted octanol–water partition coefficient (Wildman–Crippen LogP) is 1.54. The number of likely N-dealkylation sites (tertiary alicyclic amines) is 1. The van der Waals surface area contributed by atoms with Crippen molar-refractivity contribution >= 4 is 5.91 Å². The zero-order chi connectivity index (χ0) is 14.2. The van der Waals surface area contributed by atoms with E-state index >= 15 is 0 Å². The van der Waals surface area contributed by atoms with Crippen molar-refractivity contribution < 1.29 is 9.90 Å². The van der Waals surface area contributed by atoms with E-state index in [9.17, 15) is 4.79 Å². The molecular formula is C16H24N2O2. The van der Waals surface area contributed by atoms with Gasteiger partial charge in [0.05, 0.1) is 6.04 Å². The number of rotatable bonds is 6. The number of hydrogen-bond acceptors (Lipinski definition) is 3. The van der Waals surface area contributed by atoms with Gasteiger partial charge in [-0.2, -0.15) is 0 Å². The fourth-order valence-corrected chi connectivity index (χ4v) is 2.70. The maximum Gasteiger partial charge on any atom is 0.237 e. The van der Waals surface area contributed by atoms with Crippen LogP contribution in [-0.2, 0) is 11.3 Å². The molecule has 0 spiro atoms. The number of benzene rings is 1. The first-order valence-electron chi connectivity index (χ1n) is 7.48. The van der Waals surface area contributed by atoms with Crippen LogP contribution in [0.2, 0.25) is 0 Å². The Morgan fingerprint density at radius 1 is 1.30 bits per heavy atom. The van der Waals surface area contributed by atoms with Crippen molar-refractivity contribution in [1.29, 1.82) is 0 Å². The maximum atomic E-state index is 12.2. The van der Waals surface area contributed by atoms with Crippen LogP contribution in [0.1, 0.15) is 31.2 Å². The van der Waals surface area contributed by atoms with Gasteiger partial charge in [-0.15, -0.1) is 0 Å². The summed E-state index contributed by atoms with van der Waals surface area (Å²) in [5.41, 5.74) is 1.25. The molecule has 0 bridgehead atoms. The number of carbonyl (C=O) groups is 1. The van der Waals surface area contributed by atoms with E-state index in [-0.39, 0.29) is 18.6 Å². The van der Waals surface area contributed by atoms with Gasteiger partial charge >= 0.3 is 0 Å². The Bertz CT molecular complexity index is 408. The lowest BCUT2D eigenvalue weighted by atomic mass is 10.0. The molecule has 1 aliphatic heterocycles. The smallest absolute Gasteiger partial charge is 0.237 e. The van der Waals surface area contributed by atoms with Crippen molar-refractivity contribution in [2.24, 2.45) is 0 Å². The van der Waals surface area contributed by atoms with E-state index in [0.717, 1.165) is 32.4 Å². The summed E-state index contributed by atoms with van der Waals surface area (Å²) in [5, 5.41) is 11.7. The minimum absolute atomic E-state index is 0.0253. The van der Waals surface area contributed by atoms with Crippen LogP contribution >= 0.6 is 0 Å². The number of carbonyl (C=O) groups excluding carboxylic acids is 1. The fraction of sp³-hybridized carbons (Fsp3) is 0.562. The zero-order valence-corrected chi connectivity index (χ0v) is 11.9. The number of hydrogen-bond donors (Lipinski definition) is 2. The van der Waals surface area contributed by atoms with Crippen molar-refractivity contribution in [3.05, 3.63) is 35.9 Å². The van der Waals surface area contributed by atoms with Gasteiger partial charge in [0.25, 0.3) is 0 Å². The third-order valence-electron chi connectivity index (χ3n) is 3.78. The van der Waals surface area contributed by atoms with Gasteiger partial charge in [-0.05, 0) is 31.4 Å². The highest BCUT2D eigenvalue weighted by atomic mass is 16.3. The molecule has 2 N–H and O–H groups in total. The summed E-state index contributed by atoms with van der Waals surface area (Å²) >= 11 is 0. The minimum atomic E-state index is -0.0253. The number of piperidine rings is 1. The second kappa shape index (κ2) is 8.02. The molecule has 4 nitrogen and oxygen atoms in total. The summed E-state index contributed by atoms with van der Waals surface area (Å²) < 4.78 is 0.